The van der Waals surface area contributed by atoms with Crippen molar-refractivity contribution in [2.24, 2.45) is 0 Å². The van der Waals surface area contributed by atoms with Gasteiger partial charge in [0.25, 0.3) is 0 Å². The molecule has 0 aliphatic carbocycles. The monoisotopic (exact) mass is 373 g/mol. The average molecular weight is 373 g/mol. The molecular weight excluding hydrogens is 350 g/mol. The first-order valence-electron chi connectivity index (χ1n) is 9.84. The van der Waals surface area contributed by atoms with E-state index in [2.05, 4.69) is 27.3 Å². The van der Waals surface area contributed by atoms with E-state index >= 15 is 0 Å². The van der Waals surface area contributed by atoms with Crippen LogP contribution in [0.25, 0.3) is 16.6 Å². The molecule has 1 saturated heterocycles. The van der Waals surface area contributed by atoms with E-state index in [0.29, 0.717) is 13.0 Å². The maximum atomic E-state index is 13.1. The summed E-state index contributed by atoms with van der Waals surface area (Å²) in [5, 5.41) is 9.83. The Kier molecular flexibility index (Phi) is 4.11. The van der Waals surface area contributed by atoms with E-state index in [0.717, 1.165) is 53.0 Å². The number of hydrogen-bond acceptors (Lipinski definition) is 3. The highest BCUT2D eigenvalue weighted by Gasteiger charge is 2.28. The fraction of sp³-hybridized carbons (Fsp3) is 0.318. The highest BCUT2D eigenvalue weighted by molar-refractivity contribution is 5.90. The fourth-order valence-corrected chi connectivity index (χ4v) is 4.38. The molecule has 1 amide bonds. The Labute approximate surface area is 163 Å². The van der Waals surface area contributed by atoms with E-state index < -0.39 is 0 Å². The molecule has 1 fully saturated rings. The normalized spacial score (nSPS) is 17.5. The topological polar surface area (TPSA) is 66.3 Å². The van der Waals surface area contributed by atoms with Gasteiger partial charge in [0.2, 0.25) is 5.91 Å². The van der Waals surface area contributed by atoms with Crippen LogP contribution < -0.4 is 0 Å². The number of amides is 1. The van der Waals surface area contributed by atoms with Crippen LogP contribution in [0.2, 0.25) is 0 Å². The molecule has 0 radical (unpaired) electrons. The lowest BCUT2D eigenvalue weighted by atomic mass is 9.96. The van der Waals surface area contributed by atoms with Gasteiger partial charge in [0, 0.05) is 41.8 Å². The molecule has 3 aromatic heterocycles. The summed E-state index contributed by atoms with van der Waals surface area (Å²) >= 11 is 0. The van der Waals surface area contributed by atoms with Gasteiger partial charge in [-0.15, -0.1) is 10.2 Å². The third-order valence-electron chi connectivity index (χ3n) is 5.83. The van der Waals surface area contributed by atoms with Crippen LogP contribution >= 0.6 is 0 Å². The zero-order valence-corrected chi connectivity index (χ0v) is 15.9. The first-order chi connectivity index (χ1) is 13.7. The Morgan fingerprint density at radius 2 is 2.04 bits per heavy atom. The molecule has 4 aromatic rings. The van der Waals surface area contributed by atoms with Gasteiger partial charge in [-0.3, -0.25) is 9.20 Å². The third kappa shape index (κ3) is 2.85. The largest absolute Gasteiger partial charge is 0.358 e. The number of hydrogen-bond donors (Lipinski definition) is 1. The van der Waals surface area contributed by atoms with Gasteiger partial charge in [-0.25, -0.2) is 0 Å². The van der Waals surface area contributed by atoms with Crippen molar-refractivity contribution in [2.45, 2.75) is 32.1 Å². The van der Waals surface area contributed by atoms with Gasteiger partial charge in [0.15, 0.2) is 5.65 Å². The number of fused-ring (bicyclic) bond motifs is 2. The molecule has 1 aliphatic heterocycles. The minimum absolute atomic E-state index is 0.186. The number of aromatic nitrogens is 4. The molecule has 142 valence electrons. The van der Waals surface area contributed by atoms with Crippen molar-refractivity contribution in [3.63, 3.8) is 0 Å². The van der Waals surface area contributed by atoms with Crippen LogP contribution in [0.3, 0.4) is 0 Å². The molecule has 1 aliphatic rings. The van der Waals surface area contributed by atoms with Crippen LogP contribution in [0.5, 0.6) is 0 Å². The van der Waals surface area contributed by atoms with E-state index in [-0.39, 0.29) is 11.8 Å². The van der Waals surface area contributed by atoms with Crippen LogP contribution in [0.1, 0.15) is 35.8 Å². The van der Waals surface area contributed by atoms with Gasteiger partial charge >= 0.3 is 0 Å². The first-order valence-corrected chi connectivity index (χ1v) is 9.84. The van der Waals surface area contributed by atoms with Gasteiger partial charge in [0.1, 0.15) is 5.82 Å². The molecule has 1 N–H and O–H groups in total. The van der Waals surface area contributed by atoms with Crippen LogP contribution in [-0.4, -0.2) is 43.5 Å². The zero-order valence-electron chi connectivity index (χ0n) is 15.9. The van der Waals surface area contributed by atoms with Crippen molar-refractivity contribution in [3.05, 3.63) is 65.7 Å². The van der Waals surface area contributed by atoms with Gasteiger partial charge in [-0.05, 0) is 43.5 Å². The molecule has 1 aromatic carbocycles. The van der Waals surface area contributed by atoms with E-state index in [1.165, 1.54) is 0 Å². The number of carbonyl (C=O) groups excluding carboxylic acids is 1. The van der Waals surface area contributed by atoms with Crippen molar-refractivity contribution >= 4 is 22.5 Å². The number of likely N-dealkylation sites (tertiary alicyclic amines) is 1. The lowest BCUT2D eigenvalue weighted by Gasteiger charge is -2.32. The maximum absolute atomic E-state index is 13.1. The second kappa shape index (κ2) is 6.78. The van der Waals surface area contributed by atoms with Crippen molar-refractivity contribution in [1.29, 1.82) is 0 Å². The number of para-hydroxylation sites is 1. The molecule has 6 nitrogen and oxygen atoms in total. The summed E-state index contributed by atoms with van der Waals surface area (Å²) in [5.74, 6) is 1.36. The fourth-order valence-electron chi connectivity index (χ4n) is 4.38. The number of carbonyl (C=O) groups is 1. The average Bonchev–Trinajstić information content (AvgIpc) is 3.29. The number of H-pyrrole nitrogens is 1. The summed E-state index contributed by atoms with van der Waals surface area (Å²) < 4.78 is 2.04. The van der Waals surface area contributed by atoms with Crippen LogP contribution in [0.4, 0.5) is 0 Å². The molecule has 0 saturated carbocycles. The molecule has 0 bridgehead atoms. The second-order valence-corrected chi connectivity index (χ2v) is 7.62. The minimum atomic E-state index is 0.186. The predicted molar refractivity (Wildman–Crippen MR) is 108 cm³/mol. The Morgan fingerprint density at radius 3 is 2.96 bits per heavy atom. The summed E-state index contributed by atoms with van der Waals surface area (Å²) in [6.07, 6.45) is 4.46. The van der Waals surface area contributed by atoms with E-state index in [4.69, 9.17) is 0 Å². The van der Waals surface area contributed by atoms with Crippen LogP contribution in [-0.2, 0) is 11.2 Å². The second-order valence-electron chi connectivity index (χ2n) is 7.62. The molecule has 28 heavy (non-hydrogen) atoms. The van der Waals surface area contributed by atoms with Crippen molar-refractivity contribution in [1.82, 2.24) is 24.5 Å². The van der Waals surface area contributed by atoms with Crippen LogP contribution in [0, 0.1) is 6.92 Å². The molecule has 1 unspecified atom stereocenters. The number of piperidine rings is 1. The number of benzene rings is 1. The summed E-state index contributed by atoms with van der Waals surface area (Å²) in [6, 6.07) is 14.1. The lowest BCUT2D eigenvalue weighted by molar-refractivity contribution is -0.131. The minimum Gasteiger partial charge on any atom is -0.358 e. The Bertz CT molecular complexity index is 1160. The van der Waals surface area contributed by atoms with E-state index in [1.807, 2.05) is 52.8 Å². The summed E-state index contributed by atoms with van der Waals surface area (Å²) in [6.45, 7) is 3.56. The van der Waals surface area contributed by atoms with Crippen molar-refractivity contribution < 1.29 is 4.79 Å². The Balaban J connectivity index is 1.37. The predicted octanol–water partition coefficient (Wildman–Crippen LogP) is 3.47. The number of nitrogens with zero attached hydrogens (tertiary/aromatic N) is 4. The first kappa shape index (κ1) is 17.0. The standard InChI is InChI=1S/C22H23N5O/c1-15-18(17-8-2-3-9-19(17)23-15)13-21(28)26-11-6-7-16(14-26)22-25-24-20-10-4-5-12-27(20)22/h2-5,8-10,12,16,23H,6-7,11,13-14H2,1H3. The Morgan fingerprint density at radius 1 is 1.18 bits per heavy atom. The molecular formula is C22H23N5O. The van der Waals surface area contributed by atoms with Gasteiger partial charge in [0.05, 0.1) is 6.42 Å². The van der Waals surface area contributed by atoms with E-state index in [1.54, 1.807) is 0 Å². The van der Waals surface area contributed by atoms with Gasteiger partial charge in [-0.2, -0.15) is 0 Å². The van der Waals surface area contributed by atoms with E-state index in [9.17, 15) is 4.79 Å². The molecule has 0 spiro atoms. The number of rotatable bonds is 3. The zero-order chi connectivity index (χ0) is 19.1. The summed E-state index contributed by atoms with van der Waals surface area (Å²) in [5.41, 5.74) is 4.13. The van der Waals surface area contributed by atoms with Gasteiger partial charge in [-0.1, -0.05) is 24.3 Å². The molecule has 1 atom stereocenters. The number of aromatic amines is 1. The molecule has 4 heterocycles. The van der Waals surface area contributed by atoms with Crippen LogP contribution in [0.15, 0.2) is 48.7 Å². The number of aryl methyl sites for hydroxylation is 1. The lowest BCUT2D eigenvalue weighted by Crippen LogP contribution is -2.40. The third-order valence-corrected chi connectivity index (χ3v) is 5.83. The smallest absolute Gasteiger partial charge is 0.227 e. The molecule has 6 heteroatoms. The summed E-state index contributed by atoms with van der Waals surface area (Å²) in [7, 11) is 0. The van der Waals surface area contributed by atoms with Gasteiger partial charge < -0.3 is 9.88 Å². The number of nitrogens with one attached hydrogen (secondary N) is 1. The SMILES string of the molecule is Cc1[nH]c2ccccc2c1CC(=O)N1CCCC(c2nnc3ccccn23)C1. The highest BCUT2D eigenvalue weighted by Crippen LogP contribution is 2.28. The number of pyridine rings is 1. The Hall–Kier alpha value is -3.15. The van der Waals surface area contributed by atoms with Crippen molar-refractivity contribution in [2.75, 3.05) is 13.1 Å². The summed E-state index contributed by atoms with van der Waals surface area (Å²) in [4.78, 5) is 18.5. The highest BCUT2D eigenvalue weighted by atomic mass is 16.2. The quantitative estimate of drug-likeness (QED) is 0.598. The maximum Gasteiger partial charge on any atom is 0.227 e. The molecule has 5 rings (SSSR count). The van der Waals surface area contributed by atoms with Crippen molar-refractivity contribution in [3.8, 4) is 0 Å².